The van der Waals surface area contributed by atoms with Gasteiger partial charge in [0.15, 0.2) is 17.4 Å². The summed E-state index contributed by atoms with van der Waals surface area (Å²) in [6.45, 7) is 3.96. The lowest BCUT2D eigenvalue weighted by atomic mass is 9.84. The number of hydrogen-bond donors (Lipinski definition) is 2. The number of halogens is 3. The Morgan fingerprint density at radius 2 is 2.00 bits per heavy atom. The number of hydrogen-bond acceptors (Lipinski definition) is 3. The Balaban J connectivity index is 0.00000264. The van der Waals surface area contributed by atoms with Gasteiger partial charge in [-0.25, -0.2) is 8.78 Å². The van der Waals surface area contributed by atoms with Gasteiger partial charge in [0.2, 0.25) is 5.91 Å². The van der Waals surface area contributed by atoms with Crippen molar-refractivity contribution in [3.8, 4) is 5.75 Å². The third-order valence-corrected chi connectivity index (χ3v) is 4.21. The van der Waals surface area contributed by atoms with Gasteiger partial charge in [-0.2, -0.15) is 0 Å². The SMILES string of the molecule is COc1cc(F)c(NC(=O)CC(C)C2CCNCC2)cc1F.Cl. The van der Waals surface area contributed by atoms with E-state index in [0.717, 1.165) is 38.1 Å². The molecule has 1 atom stereocenters. The van der Waals surface area contributed by atoms with Gasteiger partial charge in [-0.1, -0.05) is 6.92 Å². The minimum atomic E-state index is -0.707. The third-order valence-electron chi connectivity index (χ3n) is 4.21. The zero-order chi connectivity index (χ0) is 16.1. The zero-order valence-corrected chi connectivity index (χ0v) is 14.1. The van der Waals surface area contributed by atoms with Crippen LogP contribution in [0.2, 0.25) is 0 Å². The Labute approximate surface area is 141 Å². The third kappa shape index (κ3) is 5.32. The number of carbonyl (C=O) groups excluding carboxylic acids is 1. The summed E-state index contributed by atoms with van der Waals surface area (Å²) in [7, 11) is 1.26. The lowest BCUT2D eigenvalue weighted by Crippen LogP contribution is -2.32. The minimum absolute atomic E-state index is 0. The van der Waals surface area contributed by atoms with Crippen LogP contribution in [0.5, 0.6) is 5.75 Å². The highest BCUT2D eigenvalue weighted by Crippen LogP contribution is 2.27. The number of rotatable bonds is 5. The second-order valence-electron chi connectivity index (χ2n) is 5.78. The second kappa shape index (κ2) is 9.03. The van der Waals surface area contributed by atoms with Gasteiger partial charge in [-0.3, -0.25) is 4.79 Å². The molecule has 0 saturated carbocycles. The molecule has 1 fully saturated rings. The molecule has 0 radical (unpaired) electrons. The second-order valence-corrected chi connectivity index (χ2v) is 5.78. The first-order chi connectivity index (χ1) is 10.5. The Hall–Kier alpha value is -1.40. The predicted octanol–water partition coefficient (Wildman–Crippen LogP) is 3.36. The van der Waals surface area contributed by atoms with Gasteiger partial charge in [0.25, 0.3) is 0 Å². The van der Waals surface area contributed by atoms with Crippen molar-refractivity contribution >= 4 is 24.0 Å². The average molecular weight is 349 g/mol. The van der Waals surface area contributed by atoms with Gasteiger partial charge in [0.1, 0.15) is 0 Å². The van der Waals surface area contributed by atoms with Crippen LogP contribution in [-0.2, 0) is 4.79 Å². The van der Waals surface area contributed by atoms with Crippen LogP contribution >= 0.6 is 12.4 Å². The van der Waals surface area contributed by atoms with Gasteiger partial charge in [-0.15, -0.1) is 12.4 Å². The van der Waals surface area contributed by atoms with E-state index >= 15 is 0 Å². The normalized spacial score (nSPS) is 16.3. The molecular formula is C16H23ClF2N2O2. The Morgan fingerprint density at radius 3 is 2.61 bits per heavy atom. The van der Waals surface area contributed by atoms with E-state index in [-0.39, 0.29) is 35.7 Å². The van der Waals surface area contributed by atoms with Crippen LogP contribution in [-0.4, -0.2) is 26.1 Å². The van der Waals surface area contributed by atoms with Gasteiger partial charge in [0.05, 0.1) is 12.8 Å². The number of amides is 1. The average Bonchev–Trinajstić information content (AvgIpc) is 2.51. The molecule has 1 aliphatic heterocycles. The van der Waals surface area contributed by atoms with Crippen molar-refractivity contribution < 1.29 is 18.3 Å². The molecule has 0 aliphatic carbocycles. The molecule has 0 bridgehead atoms. The van der Waals surface area contributed by atoms with E-state index in [1.165, 1.54) is 7.11 Å². The molecular weight excluding hydrogens is 326 g/mol. The van der Waals surface area contributed by atoms with E-state index in [0.29, 0.717) is 12.3 Å². The molecule has 1 aromatic rings. The number of methoxy groups -OCH3 is 1. The van der Waals surface area contributed by atoms with E-state index < -0.39 is 11.6 Å². The van der Waals surface area contributed by atoms with Crippen LogP contribution in [0.15, 0.2) is 12.1 Å². The molecule has 1 unspecified atom stereocenters. The van der Waals surface area contributed by atoms with Crippen molar-refractivity contribution in [1.29, 1.82) is 0 Å². The van der Waals surface area contributed by atoms with Gasteiger partial charge >= 0.3 is 0 Å². The first-order valence-electron chi connectivity index (χ1n) is 7.55. The van der Waals surface area contributed by atoms with Crippen LogP contribution in [0.4, 0.5) is 14.5 Å². The van der Waals surface area contributed by atoms with Crippen LogP contribution in [0.25, 0.3) is 0 Å². The Bertz CT molecular complexity index is 537. The minimum Gasteiger partial charge on any atom is -0.494 e. The van der Waals surface area contributed by atoms with Gasteiger partial charge in [0, 0.05) is 18.6 Å². The first kappa shape index (κ1) is 19.6. The van der Waals surface area contributed by atoms with Crippen molar-refractivity contribution in [2.75, 3.05) is 25.5 Å². The molecule has 1 heterocycles. The molecule has 1 aliphatic rings. The van der Waals surface area contributed by atoms with Crippen LogP contribution in [0.3, 0.4) is 0 Å². The number of benzene rings is 1. The lowest BCUT2D eigenvalue weighted by Gasteiger charge is -2.27. The molecule has 1 amide bonds. The quantitative estimate of drug-likeness (QED) is 0.858. The number of anilines is 1. The summed E-state index contributed by atoms with van der Waals surface area (Å²) in [4.78, 5) is 12.0. The van der Waals surface area contributed by atoms with Gasteiger partial charge in [-0.05, 0) is 37.8 Å². The summed E-state index contributed by atoms with van der Waals surface area (Å²) in [6.07, 6.45) is 2.39. The van der Waals surface area contributed by atoms with E-state index in [1.54, 1.807) is 0 Å². The van der Waals surface area contributed by atoms with E-state index in [1.807, 2.05) is 6.92 Å². The summed E-state index contributed by atoms with van der Waals surface area (Å²) in [6, 6.07) is 1.88. The van der Waals surface area contributed by atoms with E-state index in [2.05, 4.69) is 10.6 Å². The fourth-order valence-electron chi connectivity index (χ4n) is 2.85. The largest absolute Gasteiger partial charge is 0.494 e. The molecule has 2 N–H and O–H groups in total. The van der Waals surface area contributed by atoms with Crippen molar-refractivity contribution in [3.05, 3.63) is 23.8 Å². The molecule has 130 valence electrons. The number of piperidine rings is 1. The Kier molecular flexibility index (Phi) is 7.72. The zero-order valence-electron chi connectivity index (χ0n) is 13.3. The monoisotopic (exact) mass is 348 g/mol. The standard InChI is InChI=1S/C16H22F2N2O2.ClH/c1-10(11-3-5-19-6-4-11)7-16(21)20-14-8-13(18)15(22-2)9-12(14)17;/h8-11,19H,3-7H2,1-2H3,(H,20,21);1H. The van der Waals surface area contributed by atoms with Crippen molar-refractivity contribution in [2.45, 2.75) is 26.2 Å². The van der Waals surface area contributed by atoms with Crippen molar-refractivity contribution in [3.63, 3.8) is 0 Å². The van der Waals surface area contributed by atoms with Crippen LogP contribution in [0, 0.1) is 23.5 Å². The van der Waals surface area contributed by atoms with Crippen molar-refractivity contribution in [1.82, 2.24) is 5.32 Å². The number of carbonyl (C=O) groups is 1. The van der Waals surface area contributed by atoms with Crippen molar-refractivity contribution in [2.24, 2.45) is 11.8 Å². The highest BCUT2D eigenvalue weighted by atomic mass is 35.5. The molecule has 1 aromatic carbocycles. The highest BCUT2D eigenvalue weighted by Gasteiger charge is 2.22. The summed E-state index contributed by atoms with van der Waals surface area (Å²) < 4.78 is 32.1. The summed E-state index contributed by atoms with van der Waals surface area (Å²) in [5.74, 6) is -1.18. The smallest absolute Gasteiger partial charge is 0.224 e. The summed E-state index contributed by atoms with van der Waals surface area (Å²) in [5, 5.41) is 5.73. The summed E-state index contributed by atoms with van der Waals surface area (Å²) >= 11 is 0. The number of ether oxygens (including phenoxy) is 1. The maximum Gasteiger partial charge on any atom is 0.224 e. The molecule has 23 heavy (non-hydrogen) atoms. The van der Waals surface area contributed by atoms with Crippen LogP contribution < -0.4 is 15.4 Å². The molecule has 2 rings (SSSR count). The molecule has 0 spiro atoms. The summed E-state index contributed by atoms with van der Waals surface area (Å²) in [5.41, 5.74) is -0.152. The fourth-order valence-corrected chi connectivity index (χ4v) is 2.85. The molecule has 1 saturated heterocycles. The fraction of sp³-hybridized carbons (Fsp3) is 0.562. The maximum atomic E-state index is 13.8. The van der Waals surface area contributed by atoms with E-state index in [9.17, 15) is 13.6 Å². The van der Waals surface area contributed by atoms with Crippen LogP contribution in [0.1, 0.15) is 26.2 Å². The molecule has 0 aromatic heterocycles. The molecule has 7 heteroatoms. The topological polar surface area (TPSA) is 50.4 Å². The first-order valence-corrected chi connectivity index (χ1v) is 7.55. The molecule has 4 nitrogen and oxygen atoms in total. The lowest BCUT2D eigenvalue weighted by molar-refractivity contribution is -0.117. The predicted molar refractivity (Wildman–Crippen MR) is 88.2 cm³/mol. The number of nitrogens with one attached hydrogen (secondary N) is 2. The maximum absolute atomic E-state index is 13.8. The highest BCUT2D eigenvalue weighted by molar-refractivity contribution is 5.91. The van der Waals surface area contributed by atoms with E-state index in [4.69, 9.17) is 4.74 Å². The van der Waals surface area contributed by atoms with Gasteiger partial charge < -0.3 is 15.4 Å². The Morgan fingerprint density at radius 1 is 1.35 bits per heavy atom.